The maximum atomic E-state index is 13.4. The number of benzene rings is 1. The number of aryl methyl sites for hydroxylation is 1. The van der Waals surface area contributed by atoms with Gasteiger partial charge in [-0.3, -0.25) is 10.1 Å². The van der Waals surface area contributed by atoms with Gasteiger partial charge in [0.2, 0.25) is 5.13 Å². The van der Waals surface area contributed by atoms with E-state index in [2.05, 4.69) is 29.4 Å². The summed E-state index contributed by atoms with van der Waals surface area (Å²) in [6.07, 6.45) is 1.96. The highest BCUT2D eigenvalue weighted by Crippen LogP contribution is 2.30. The zero-order valence-corrected chi connectivity index (χ0v) is 14.5. The van der Waals surface area contributed by atoms with Crippen molar-refractivity contribution in [2.75, 3.05) is 5.32 Å². The van der Waals surface area contributed by atoms with E-state index in [0.717, 1.165) is 17.8 Å². The molecular weight excluding hydrogens is 329 g/mol. The highest BCUT2D eigenvalue weighted by molar-refractivity contribution is 7.15. The molecule has 24 heavy (non-hydrogen) atoms. The van der Waals surface area contributed by atoms with Crippen molar-refractivity contribution >= 4 is 33.3 Å². The number of nitrogens with zero attached hydrogens (tertiary/aromatic N) is 2. The lowest BCUT2D eigenvalue weighted by molar-refractivity contribution is 0.0998. The van der Waals surface area contributed by atoms with Gasteiger partial charge in [-0.2, -0.15) is 0 Å². The highest BCUT2D eigenvalue weighted by Gasteiger charge is 2.20. The molecule has 0 saturated heterocycles. The standard InChI is InChI=1S/C17H18FN3O2S/c1-4-10(5-2)16-20-21-17(24-16)19-15(22)14-9(3)12-8-11(18)6-7-13(12)23-14/h6-8,10H,4-5H2,1-3H3,(H,19,21,22). The first-order valence-electron chi connectivity index (χ1n) is 7.86. The van der Waals surface area contributed by atoms with E-state index in [4.69, 9.17) is 4.42 Å². The Morgan fingerprint density at radius 2 is 2.08 bits per heavy atom. The number of hydrogen-bond acceptors (Lipinski definition) is 5. The molecule has 7 heteroatoms. The fraction of sp³-hybridized carbons (Fsp3) is 0.353. The molecule has 0 bridgehead atoms. The van der Waals surface area contributed by atoms with Crippen molar-refractivity contribution in [1.82, 2.24) is 10.2 Å². The minimum atomic E-state index is -0.406. The van der Waals surface area contributed by atoms with Crippen LogP contribution in [0.25, 0.3) is 11.0 Å². The molecule has 1 N–H and O–H groups in total. The Labute approximate surface area is 142 Å². The summed E-state index contributed by atoms with van der Waals surface area (Å²) in [5.74, 6) is -0.257. The Morgan fingerprint density at radius 1 is 1.33 bits per heavy atom. The number of halogens is 1. The van der Waals surface area contributed by atoms with Crippen LogP contribution in [0, 0.1) is 12.7 Å². The topological polar surface area (TPSA) is 68.0 Å². The van der Waals surface area contributed by atoms with Crippen molar-refractivity contribution < 1.29 is 13.6 Å². The first-order chi connectivity index (χ1) is 11.5. The van der Waals surface area contributed by atoms with Gasteiger partial charge in [0.25, 0.3) is 5.91 Å². The van der Waals surface area contributed by atoms with Crippen LogP contribution in [0.3, 0.4) is 0 Å². The first kappa shape index (κ1) is 16.6. The monoisotopic (exact) mass is 347 g/mol. The number of hydrogen-bond donors (Lipinski definition) is 1. The van der Waals surface area contributed by atoms with E-state index in [9.17, 15) is 9.18 Å². The Kier molecular flexibility index (Phi) is 4.62. The van der Waals surface area contributed by atoms with Crippen LogP contribution in [0.2, 0.25) is 0 Å². The van der Waals surface area contributed by atoms with Crippen molar-refractivity contribution in [2.45, 2.75) is 39.5 Å². The van der Waals surface area contributed by atoms with Crippen molar-refractivity contribution in [3.05, 3.63) is 40.3 Å². The molecule has 0 saturated carbocycles. The molecule has 126 valence electrons. The molecule has 0 radical (unpaired) electrons. The van der Waals surface area contributed by atoms with E-state index in [0.29, 0.717) is 27.6 Å². The van der Waals surface area contributed by atoms with Crippen LogP contribution in [-0.4, -0.2) is 16.1 Å². The zero-order chi connectivity index (χ0) is 17.3. The quantitative estimate of drug-likeness (QED) is 0.713. The normalized spacial score (nSPS) is 11.4. The number of carbonyl (C=O) groups excluding carboxylic acids is 1. The van der Waals surface area contributed by atoms with Gasteiger partial charge >= 0.3 is 0 Å². The molecule has 0 fully saturated rings. The summed E-state index contributed by atoms with van der Waals surface area (Å²) in [4.78, 5) is 12.4. The summed E-state index contributed by atoms with van der Waals surface area (Å²) >= 11 is 1.37. The molecule has 3 aromatic rings. The SMILES string of the molecule is CCC(CC)c1nnc(NC(=O)c2oc3ccc(F)cc3c2C)s1. The molecule has 0 aliphatic carbocycles. The number of carbonyl (C=O) groups is 1. The minimum Gasteiger partial charge on any atom is -0.451 e. The molecule has 2 aromatic heterocycles. The van der Waals surface area contributed by atoms with Crippen LogP contribution in [-0.2, 0) is 0 Å². The fourth-order valence-corrected chi connectivity index (χ4v) is 3.66. The van der Waals surface area contributed by atoms with Gasteiger partial charge in [0.05, 0.1) is 0 Å². The third-order valence-corrected chi connectivity index (χ3v) is 5.10. The van der Waals surface area contributed by atoms with E-state index in [1.807, 2.05) is 0 Å². The average Bonchev–Trinajstić information content (AvgIpc) is 3.14. The third-order valence-electron chi connectivity index (χ3n) is 4.10. The zero-order valence-electron chi connectivity index (χ0n) is 13.7. The summed E-state index contributed by atoms with van der Waals surface area (Å²) in [6, 6.07) is 4.19. The number of fused-ring (bicyclic) bond motifs is 1. The van der Waals surface area contributed by atoms with Crippen molar-refractivity contribution in [2.24, 2.45) is 0 Å². The molecule has 3 rings (SSSR count). The summed E-state index contributed by atoms with van der Waals surface area (Å²) in [5.41, 5.74) is 1.08. The molecule has 0 unspecified atom stereocenters. The summed E-state index contributed by atoms with van der Waals surface area (Å²) < 4.78 is 18.9. The summed E-state index contributed by atoms with van der Waals surface area (Å²) in [6.45, 7) is 5.94. The second kappa shape index (κ2) is 6.68. The lowest BCUT2D eigenvalue weighted by atomic mass is 10.1. The molecule has 2 heterocycles. The first-order valence-corrected chi connectivity index (χ1v) is 8.68. The minimum absolute atomic E-state index is 0.162. The van der Waals surface area contributed by atoms with E-state index in [-0.39, 0.29) is 11.6 Å². The Morgan fingerprint density at radius 3 is 2.79 bits per heavy atom. The lowest BCUT2D eigenvalue weighted by Gasteiger charge is -2.05. The lowest BCUT2D eigenvalue weighted by Crippen LogP contribution is -2.11. The second-order valence-corrected chi connectivity index (χ2v) is 6.62. The molecule has 1 aromatic carbocycles. The Balaban J connectivity index is 1.84. The highest BCUT2D eigenvalue weighted by atomic mass is 32.1. The number of nitrogens with one attached hydrogen (secondary N) is 1. The predicted molar refractivity (Wildman–Crippen MR) is 92.1 cm³/mol. The molecule has 0 atom stereocenters. The van der Waals surface area contributed by atoms with E-state index in [1.165, 1.54) is 29.5 Å². The third kappa shape index (κ3) is 3.03. The maximum absolute atomic E-state index is 13.4. The smallest absolute Gasteiger partial charge is 0.293 e. The van der Waals surface area contributed by atoms with Gasteiger partial charge < -0.3 is 4.42 Å². The number of anilines is 1. The van der Waals surface area contributed by atoms with E-state index >= 15 is 0 Å². The van der Waals surface area contributed by atoms with Crippen LogP contribution < -0.4 is 5.32 Å². The van der Waals surface area contributed by atoms with E-state index < -0.39 is 5.91 Å². The van der Waals surface area contributed by atoms with E-state index in [1.54, 1.807) is 6.92 Å². The molecular formula is C17H18FN3O2S. The van der Waals surface area contributed by atoms with Crippen molar-refractivity contribution in [3.63, 3.8) is 0 Å². The van der Waals surface area contributed by atoms with Crippen LogP contribution >= 0.6 is 11.3 Å². The van der Waals surface area contributed by atoms with Gasteiger partial charge in [-0.1, -0.05) is 25.2 Å². The van der Waals surface area contributed by atoms with Gasteiger partial charge in [0, 0.05) is 16.9 Å². The molecule has 0 spiro atoms. The van der Waals surface area contributed by atoms with Crippen LogP contribution in [0.15, 0.2) is 22.6 Å². The Bertz CT molecular complexity index is 883. The van der Waals surface area contributed by atoms with Gasteiger partial charge in [-0.25, -0.2) is 4.39 Å². The summed E-state index contributed by atoms with van der Waals surface area (Å²) in [5, 5.41) is 12.8. The van der Waals surface area contributed by atoms with Gasteiger partial charge in [-0.15, -0.1) is 10.2 Å². The van der Waals surface area contributed by atoms with Crippen molar-refractivity contribution in [1.29, 1.82) is 0 Å². The van der Waals surface area contributed by atoms with Crippen LogP contribution in [0.5, 0.6) is 0 Å². The van der Waals surface area contributed by atoms with Crippen LogP contribution in [0.4, 0.5) is 9.52 Å². The largest absolute Gasteiger partial charge is 0.451 e. The molecule has 5 nitrogen and oxygen atoms in total. The average molecular weight is 347 g/mol. The number of furan rings is 1. The second-order valence-electron chi connectivity index (χ2n) is 5.61. The fourth-order valence-electron chi connectivity index (χ4n) is 2.65. The molecule has 0 aliphatic rings. The number of amides is 1. The molecule has 0 aliphatic heterocycles. The summed E-state index contributed by atoms with van der Waals surface area (Å²) in [7, 11) is 0. The van der Waals surface area contributed by atoms with Gasteiger partial charge in [0.15, 0.2) is 5.76 Å². The van der Waals surface area contributed by atoms with Gasteiger partial charge in [0.1, 0.15) is 16.4 Å². The van der Waals surface area contributed by atoms with Crippen LogP contribution in [0.1, 0.15) is 53.7 Å². The molecule has 1 amide bonds. The number of rotatable bonds is 5. The Hall–Kier alpha value is -2.28. The van der Waals surface area contributed by atoms with Crippen molar-refractivity contribution in [3.8, 4) is 0 Å². The van der Waals surface area contributed by atoms with Gasteiger partial charge in [-0.05, 0) is 38.0 Å². The number of aromatic nitrogens is 2. The maximum Gasteiger partial charge on any atom is 0.293 e. The predicted octanol–water partition coefficient (Wildman–Crippen LogP) is 4.89.